The first kappa shape index (κ1) is 18.9. The lowest BCUT2D eigenvalue weighted by Gasteiger charge is -2.32. The lowest BCUT2D eigenvalue weighted by atomic mass is 9.97. The number of fused-ring (bicyclic) bond motifs is 1. The maximum absolute atomic E-state index is 12.1. The Hall–Kier alpha value is -2.47. The van der Waals surface area contributed by atoms with Gasteiger partial charge in [-0.2, -0.15) is 0 Å². The van der Waals surface area contributed by atoms with E-state index in [2.05, 4.69) is 17.9 Å². The Bertz CT molecular complexity index is 963. The molecule has 3 aromatic rings. The standard InChI is InChI=1S/C22H25N3O2S/c1-3-17-14-18-20(25-12-10-16(11-13-25)22(26)27-4-2)23-19(24-21(18)28-17)15-8-6-5-7-9-15/h5-9,14,16H,3-4,10-13H2,1-2H3. The number of aryl methyl sites for hydroxylation is 1. The second-order valence-corrected chi connectivity index (χ2v) is 8.15. The van der Waals surface area contributed by atoms with Crippen LogP contribution in [0.5, 0.6) is 0 Å². The van der Waals surface area contributed by atoms with Gasteiger partial charge in [-0.25, -0.2) is 9.97 Å². The molecule has 28 heavy (non-hydrogen) atoms. The lowest BCUT2D eigenvalue weighted by molar-refractivity contribution is -0.148. The molecule has 0 saturated carbocycles. The lowest BCUT2D eigenvalue weighted by Crippen LogP contribution is -2.37. The molecule has 146 valence electrons. The van der Waals surface area contributed by atoms with Crippen LogP contribution in [-0.4, -0.2) is 35.6 Å². The molecular formula is C22H25N3O2S. The first-order valence-electron chi connectivity index (χ1n) is 9.97. The molecule has 0 atom stereocenters. The van der Waals surface area contributed by atoms with E-state index in [1.807, 2.05) is 37.3 Å². The molecule has 0 aliphatic carbocycles. The summed E-state index contributed by atoms with van der Waals surface area (Å²) in [5.74, 6) is 1.68. The highest BCUT2D eigenvalue weighted by Crippen LogP contribution is 2.35. The van der Waals surface area contributed by atoms with Crippen LogP contribution in [0.1, 0.15) is 31.6 Å². The molecule has 0 bridgehead atoms. The average Bonchev–Trinajstić information content (AvgIpc) is 3.17. The van der Waals surface area contributed by atoms with Crippen LogP contribution in [0.4, 0.5) is 5.82 Å². The highest BCUT2D eigenvalue weighted by Gasteiger charge is 2.28. The van der Waals surface area contributed by atoms with E-state index in [-0.39, 0.29) is 11.9 Å². The molecule has 0 unspecified atom stereocenters. The number of anilines is 1. The smallest absolute Gasteiger partial charge is 0.309 e. The van der Waals surface area contributed by atoms with Gasteiger partial charge in [0.25, 0.3) is 0 Å². The van der Waals surface area contributed by atoms with Crippen molar-refractivity contribution in [2.75, 3.05) is 24.6 Å². The number of aromatic nitrogens is 2. The highest BCUT2D eigenvalue weighted by molar-refractivity contribution is 7.18. The van der Waals surface area contributed by atoms with Crippen molar-refractivity contribution in [2.24, 2.45) is 5.92 Å². The molecule has 1 saturated heterocycles. The molecule has 4 rings (SSSR count). The summed E-state index contributed by atoms with van der Waals surface area (Å²) in [4.78, 5) is 26.5. The van der Waals surface area contributed by atoms with Crippen LogP contribution >= 0.6 is 11.3 Å². The van der Waals surface area contributed by atoms with Crippen LogP contribution < -0.4 is 4.90 Å². The maximum Gasteiger partial charge on any atom is 0.309 e. The molecule has 0 spiro atoms. The molecule has 2 aromatic heterocycles. The average molecular weight is 396 g/mol. The van der Waals surface area contributed by atoms with Gasteiger partial charge in [0, 0.05) is 23.5 Å². The van der Waals surface area contributed by atoms with E-state index in [9.17, 15) is 4.79 Å². The topological polar surface area (TPSA) is 55.3 Å². The Morgan fingerprint density at radius 3 is 2.61 bits per heavy atom. The molecule has 3 heterocycles. The third-order valence-electron chi connectivity index (χ3n) is 5.22. The van der Waals surface area contributed by atoms with E-state index in [0.717, 1.165) is 59.8 Å². The fourth-order valence-corrected chi connectivity index (χ4v) is 4.64. The molecule has 1 aliphatic rings. The van der Waals surface area contributed by atoms with Crippen LogP contribution in [-0.2, 0) is 16.0 Å². The number of benzene rings is 1. The SMILES string of the molecule is CCOC(=O)C1CCN(c2nc(-c3ccccc3)nc3sc(CC)cc23)CC1. The van der Waals surface area contributed by atoms with Crippen molar-refractivity contribution in [3.63, 3.8) is 0 Å². The molecule has 5 nitrogen and oxygen atoms in total. The largest absolute Gasteiger partial charge is 0.466 e. The van der Waals surface area contributed by atoms with Gasteiger partial charge in [-0.15, -0.1) is 11.3 Å². The van der Waals surface area contributed by atoms with E-state index in [1.165, 1.54) is 4.88 Å². The van der Waals surface area contributed by atoms with E-state index in [4.69, 9.17) is 14.7 Å². The summed E-state index contributed by atoms with van der Waals surface area (Å²) >= 11 is 1.74. The fraction of sp³-hybridized carbons (Fsp3) is 0.409. The number of ether oxygens (including phenoxy) is 1. The minimum absolute atomic E-state index is 0.00389. The fourth-order valence-electron chi connectivity index (χ4n) is 3.68. The summed E-state index contributed by atoms with van der Waals surface area (Å²) in [6, 6.07) is 12.3. The van der Waals surface area contributed by atoms with Gasteiger partial charge in [0.1, 0.15) is 10.6 Å². The van der Waals surface area contributed by atoms with Gasteiger partial charge in [0.05, 0.1) is 17.9 Å². The molecular weight excluding hydrogens is 370 g/mol. The van der Waals surface area contributed by atoms with Gasteiger partial charge in [0.15, 0.2) is 5.82 Å². The minimum Gasteiger partial charge on any atom is -0.466 e. The predicted molar refractivity (Wildman–Crippen MR) is 114 cm³/mol. The predicted octanol–water partition coefficient (Wildman–Crippen LogP) is 4.70. The van der Waals surface area contributed by atoms with Gasteiger partial charge in [-0.05, 0) is 32.3 Å². The number of carbonyl (C=O) groups excluding carboxylic acids is 1. The molecule has 1 fully saturated rings. The zero-order valence-corrected chi connectivity index (χ0v) is 17.2. The molecule has 0 radical (unpaired) electrons. The molecule has 1 aromatic carbocycles. The Morgan fingerprint density at radius 1 is 1.18 bits per heavy atom. The number of rotatable bonds is 5. The monoisotopic (exact) mass is 395 g/mol. The summed E-state index contributed by atoms with van der Waals surface area (Å²) in [6.07, 6.45) is 2.59. The maximum atomic E-state index is 12.1. The van der Waals surface area contributed by atoms with Crippen molar-refractivity contribution < 1.29 is 9.53 Å². The van der Waals surface area contributed by atoms with Crippen molar-refractivity contribution in [3.05, 3.63) is 41.3 Å². The van der Waals surface area contributed by atoms with E-state index in [0.29, 0.717) is 6.61 Å². The zero-order chi connectivity index (χ0) is 19.5. The summed E-state index contributed by atoms with van der Waals surface area (Å²) in [5.41, 5.74) is 1.03. The van der Waals surface area contributed by atoms with Crippen molar-refractivity contribution in [1.29, 1.82) is 0 Å². The van der Waals surface area contributed by atoms with Gasteiger partial charge in [-0.1, -0.05) is 37.3 Å². The van der Waals surface area contributed by atoms with Gasteiger partial charge < -0.3 is 9.64 Å². The van der Waals surface area contributed by atoms with Crippen LogP contribution in [0, 0.1) is 5.92 Å². The minimum atomic E-state index is -0.0660. The van der Waals surface area contributed by atoms with Crippen molar-refractivity contribution >= 4 is 33.3 Å². The first-order chi connectivity index (χ1) is 13.7. The van der Waals surface area contributed by atoms with E-state index < -0.39 is 0 Å². The van der Waals surface area contributed by atoms with Gasteiger partial charge in [-0.3, -0.25) is 4.79 Å². The second kappa shape index (κ2) is 8.27. The van der Waals surface area contributed by atoms with Gasteiger partial charge in [0.2, 0.25) is 0 Å². The zero-order valence-electron chi connectivity index (χ0n) is 16.4. The number of hydrogen-bond acceptors (Lipinski definition) is 6. The van der Waals surface area contributed by atoms with E-state index in [1.54, 1.807) is 11.3 Å². The molecule has 0 amide bonds. The number of esters is 1. The van der Waals surface area contributed by atoms with Crippen LogP contribution in [0.3, 0.4) is 0 Å². The Balaban J connectivity index is 1.68. The summed E-state index contributed by atoms with van der Waals surface area (Å²) in [6.45, 7) is 6.08. The first-order valence-corrected chi connectivity index (χ1v) is 10.8. The number of carbonyl (C=O) groups is 1. The Kier molecular flexibility index (Phi) is 5.57. The molecule has 1 aliphatic heterocycles. The van der Waals surface area contributed by atoms with Crippen LogP contribution in [0.15, 0.2) is 36.4 Å². The van der Waals surface area contributed by atoms with Gasteiger partial charge >= 0.3 is 5.97 Å². The van der Waals surface area contributed by atoms with Crippen LogP contribution in [0.2, 0.25) is 0 Å². The quantitative estimate of drug-likeness (QED) is 0.586. The van der Waals surface area contributed by atoms with Crippen molar-refractivity contribution in [1.82, 2.24) is 9.97 Å². The number of piperidine rings is 1. The molecule has 0 N–H and O–H groups in total. The normalized spacial score (nSPS) is 15.1. The third kappa shape index (κ3) is 3.74. The van der Waals surface area contributed by atoms with E-state index >= 15 is 0 Å². The highest BCUT2D eigenvalue weighted by atomic mass is 32.1. The van der Waals surface area contributed by atoms with Crippen LogP contribution in [0.25, 0.3) is 21.6 Å². The number of hydrogen-bond donors (Lipinski definition) is 0. The summed E-state index contributed by atoms with van der Waals surface area (Å²) in [5, 5.41) is 1.12. The third-order valence-corrected chi connectivity index (χ3v) is 6.39. The number of thiophene rings is 1. The summed E-state index contributed by atoms with van der Waals surface area (Å²) in [7, 11) is 0. The van der Waals surface area contributed by atoms with Crippen molar-refractivity contribution in [2.45, 2.75) is 33.1 Å². The Morgan fingerprint density at radius 2 is 1.93 bits per heavy atom. The number of nitrogens with zero attached hydrogens (tertiary/aromatic N) is 3. The summed E-state index contributed by atoms with van der Waals surface area (Å²) < 4.78 is 5.21. The second-order valence-electron chi connectivity index (χ2n) is 7.04. The molecule has 6 heteroatoms. The van der Waals surface area contributed by atoms with Crippen molar-refractivity contribution in [3.8, 4) is 11.4 Å². The Labute approximate surface area is 169 Å².